The molecule has 0 radical (unpaired) electrons. The molecule has 8 heteroatoms. The van der Waals surface area contributed by atoms with Gasteiger partial charge in [0.15, 0.2) is 5.96 Å². The molecule has 1 N–H and O–H groups in total. The number of nitrogens with zero attached hydrogens (tertiary/aromatic N) is 4. The van der Waals surface area contributed by atoms with Crippen molar-refractivity contribution in [2.24, 2.45) is 16.3 Å². The number of aliphatic imine (C=N–C) groups is 1. The second-order valence-corrected chi connectivity index (χ2v) is 10.8. The van der Waals surface area contributed by atoms with Crippen LogP contribution in [0.1, 0.15) is 66.2 Å². The highest BCUT2D eigenvalue weighted by Gasteiger charge is 2.35. The van der Waals surface area contributed by atoms with Crippen LogP contribution in [0.15, 0.2) is 4.99 Å². The van der Waals surface area contributed by atoms with Gasteiger partial charge >= 0.3 is 0 Å². The van der Waals surface area contributed by atoms with Crippen LogP contribution in [0.5, 0.6) is 0 Å². The maximum atomic E-state index is 12.7. The third-order valence-corrected chi connectivity index (χ3v) is 7.10. The lowest BCUT2D eigenvalue weighted by atomic mass is 9.78. The summed E-state index contributed by atoms with van der Waals surface area (Å²) in [7, 11) is 0. The lowest BCUT2D eigenvalue weighted by Crippen LogP contribution is -2.54. The Morgan fingerprint density at radius 2 is 1.64 bits per heavy atom. The van der Waals surface area contributed by atoms with Crippen LogP contribution in [-0.2, 0) is 9.53 Å². The van der Waals surface area contributed by atoms with E-state index in [9.17, 15) is 4.79 Å². The first-order chi connectivity index (χ1) is 15.4. The highest BCUT2D eigenvalue weighted by molar-refractivity contribution is 14.0. The largest absolute Gasteiger partial charge is 0.377 e. The average molecular weight is 578 g/mol. The predicted molar refractivity (Wildman–Crippen MR) is 146 cm³/mol. The molecule has 33 heavy (non-hydrogen) atoms. The van der Waals surface area contributed by atoms with Crippen LogP contribution in [0.2, 0.25) is 0 Å². The molecular formula is C25H48IN5O2. The van der Waals surface area contributed by atoms with Gasteiger partial charge in [-0.1, -0.05) is 33.6 Å². The Bertz CT molecular complexity index is 608. The van der Waals surface area contributed by atoms with Crippen molar-refractivity contribution in [2.75, 3.05) is 65.5 Å². The second kappa shape index (κ2) is 14.1. The van der Waals surface area contributed by atoms with Crippen molar-refractivity contribution in [3.05, 3.63) is 0 Å². The second-order valence-electron chi connectivity index (χ2n) is 10.8. The van der Waals surface area contributed by atoms with Gasteiger partial charge in [0.2, 0.25) is 5.91 Å². The zero-order valence-electron chi connectivity index (χ0n) is 21.5. The summed E-state index contributed by atoms with van der Waals surface area (Å²) in [5, 5.41) is 3.50. The molecule has 7 nitrogen and oxygen atoms in total. The number of ether oxygens (including phenoxy) is 1. The summed E-state index contributed by atoms with van der Waals surface area (Å²) < 4.78 is 6.16. The SMILES string of the molecule is CCNC(=NCC1CCCOC1C(C)(C)C)N1CCN(CC(=O)N2CCCCCC2)CC1.I. The van der Waals surface area contributed by atoms with Gasteiger partial charge in [-0.15, -0.1) is 24.0 Å². The standard InChI is InChI=1S/C25H47N5O2.HI/c1-5-26-24(27-19-21-11-10-18-32-23(21)25(2,3)4)30-16-14-28(15-17-30)20-22(31)29-12-8-6-7-9-13-29;/h21,23H,5-20H2,1-4H3,(H,26,27);1H. The molecule has 1 amide bonds. The molecule has 3 rings (SSSR count). The van der Waals surface area contributed by atoms with E-state index in [1.54, 1.807) is 0 Å². The van der Waals surface area contributed by atoms with E-state index < -0.39 is 0 Å². The van der Waals surface area contributed by atoms with Crippen molar-refractivity contribution in [2.45, 2.75) is 72.3 Å². The molecule has 2 atom stereocenters. The zero-order valence-corrected chi connectivity index (χ0v) is 23.8. The van der Waals surface area contributed by atoms with Crippen LogP contribution in [0, 0.1) is 11.3 Å². The van der Waals surface area contributed by atoms with Gasteiger partial charge in [0.25, 0.3) is 0 Å². The third-order valence-electron chi connectivity index (χ3n) is 7.10. The van der Waals surface area contributed by atoms with E-state index >= 15 is 0 Å². The van der Waals surface area contributed by atoms with Gasteiger partial charge < -0.3 is 19.9 Å². The Balaban J connectivity index is 0.00000385. The summed E-state index contributed by atoms with van der Waals surface area (Å²) in [5.41, 5.74) is 0.143. The monoisotopic (exact) mass is 577 g/mol. The number of piperazine rings is 1. The molecule has 3 heterocycles. The van der Waals surface area contributed by atoms with Crippen LogP contribution in [0.4, 0.5) is 0 Å². The van der Waals surface area contributed by atoms with Gasteiger partial charge in [0.05, 0.1) is 12.6 Å². The van der Waals surface area contributed by atoms with Crippen LogP contribution in [0.25, 0.3) is 0 Å². The molecule has 0 saturated carbocycles. The topological polar surface area (TPSA) is 60.4 Å². The first-order valence-electron chi connectivity index (χ1n) is 13.0. The van der Waals surface area contributed by atoms with Crippen LogP contribution in [0.3, 0.4) is 0 Å². The molecule has 0 aliphatic carbocycles. The van der Waals surface area contributed by atoms with Gasteiger partial charge in [-0.3, -0.25) is 14.7 Å². The molecule has 0 spiro atoms. The Kier molecular flexibility index (Phi) is 12.2. The van der Waals surface area contributed by atoms with Crippen molar-refractivity contribution in [1.82, 2.24) is 20.0 Å². The quantitative estimate of drug-likeness (QED) is 0.309. The number of halogens is 1. The molecule has 0 bridgehead atoms. The van der Waals surface area contributed by atoms with E-state index in [1.807, 2.05) is 0 Å². The van der Waals surface area contributed by atoms with Crippen molar-refractivity contribution in [3.8, 4) is 0 Å². The normalized spacial score (nSPS) is 25.9. The van der Waals surface area contributed by atoms with Crippen LogP contribution < -0.4 is 5.32 Å². The first kappa shape index (κ1) is 28.6. The van der Waals surface area contributed by atoms with E-state index in [-0.39, 0.29) is 35.5 Å². The van der Waals surface area contributed by atoms with Gasteiger partial charge in [-0.2, -0.15) is 0 Å². The Morgan fingerprint density at radius 3 is 2.24 bits per heavy atom. The summed E-state index contributed by atoms with van der Waals surface area (Å²) in [4.78, 5) is 24.6. The molecule has 3 aliphatic rings. The molecule has 192 valence electrons. The first-order valence-corrected chi connectivity index (χ1v) is 13.0. The third kappa shape index (κ3) is 8.84. The maximum Gasteiger partial charge on any atom is 0.236 e. The fourth-order valence-corrected chi connectivity index (χ4v) is 5.35. The zero-order chi connectivity index (χ0) is 23.0. The molecule has 3 saturated heterocycles. The molecular weight excluding hydrogens is 529 g/mol. The Labute approximate surface area is 219 Å². The van der Waals surface area contributed by atoms with Gasteiger partial charge in [0, 0.05) is 64.9 Å². The summed E-state index contributed by atoms with van der Waals surface area (Å²) in [6, 6.07) is 0. The summed E-state index contributed by atoms with van der Waals surface area (Å²) in [6.07, 6.45) is 7.43. The number of hydrogen-bond donors (Lipinski definition) is 1. The highest BCUT2D eigenvalue weighted by Crippen LogP contribution is 2.34. The summed E-state index contributed by atoms with van der Waals surface area (Å²) in [5.74, 6) is 1.81. The van der Waals surface area contributed by atoms with Crippen molar-refractivity contribution >= 4 is 35.8 Å². The number of rotatable bonds is 5. The minimum absolute atomic E-state index is 0. The average Bonchev–Trinajstić information content (AvgIpc) is 3.07. The number of likely N-dealkylation sites (tertiary alicyclic amines) is 1. The molecule has 3 aliphatic heterocycles. The Morgan fingerprint density at radius 1 is 0.970 bits per heavy atom. The van der Waals surface area contributed by atoms with Crippen LogP contribution >= 0.6 is 24.0 Å². The predicted octanol–water partition coefficient (Wildman–Crippen LogP) is 3.43. The highest BCUT2D eigenvalue weighted by atomic mass is 127. The molecule has 2 unspecified atom stereocenters. The van der Waals surface area contributed by atoms with Crippen molar-refractivity contribution < 1.29 is 9.53 Å². The minimum Gasteiger partial charge on any atom is -0.377 e. The van der Waals surface area contributed by atoms with Crippen molar-refractivity contribution in [1.29, 1.82) is 0 Å². The molecule has 3 fully saturated rings. The summed E-state index contributed by atoms with van der Waals surface area (Å²) in [6.45, 7) is 17.6. The minimum atomic E-state index is 0. The summed E-state index contributed by atoms with van der Waals surface area (Å²) >= 11 is 0. The molecule has 0 aromatic carbocycles. The smallest absolute Gasteiger partial charge is 0.236 e. The molecule has 0 aromatic heterocycles. The molecule has 0 aromatic rings. The van der Waals surface area contributed by atoms with E-state index in [1.165, 1.54) is 19.3 Å². The van der Waals surface area contributed by atoms with Gasteiger partial charge in [0.1, 0.15) is 0 Å². The van der Waals surface area contributed by atoms with E-state index in [2.05, 4.69) is 47.7 Å². The Hall–Kier alpha value is -0.610. The van der Waals surface area contributed by atoms with Gasteiger partial charge in [-0.05, 0) is 38.0 Å². The van der Waals surface area contributed by atoms with Crippen LogP contribution in [-0.4, -0.2) is 98.2 Å². The van der Waals surface area contributed by atoms with E-state index in [0.717, 1.165) is 84.2 Å². The lowest BCUT2D eigenvalue weighted by Gasteiger charge is -2.40. The number of carbonyl (C=O) groups excluding carboxylic acids is 1. The number of guanidine groups is 1. The fraction of sp³-hybridized carbons (Fsp3) is 0.920. The lowest BCUT2D eigenvalue weighted by molar-refractivity contribution is -0.132. The number of carbonyl (C=O) groups is 1. The maximum absolute atomic E-state index is 12.7. The number of amides is 1. The van der Waals surface area contributed by atoms with E-state index in [0.29, 0.717) is 18.4 Å². The fourth-order valence-electron chi connectivity index (χ4n) is 5.35. The number of nitrogens with one attached hydrogen (secondary N) is 1. The van der Waals surface area contributed by atoms with E-state index in [4.69, 9.17) is 9.73 Å². The van der Waals surface area contributed by atoms with Crippen molar-refractivity contribution in [3.63, 3.8) is 0 Å². The number of hydrogen-bond acceptors (Lipinski definition) is 4. The van der Waals surface area contributed by atoms with Gasteiger partial charge in [-0.25, -0.2) is 0 Å².